The molecule has 0 aromatic heterocycles. The highest BCUT2D eigenvalue weighted by molar-refractivity contribution is 7.81. The molecular weight excluding hydrogens is 198 g/mol. The zero-order valence-electron chi connectivity index (χ0n) is 8.22. The van der Waals surface area contributed by atoms with Gasteiger partial charge in [0.1, 0.15) is 0 Å². The van der Waals surface area contributed by atoms with Gasteiger partial charge in [0.2, 0.25) is 5.91 Å². The first kappa shape index (κ1) is 10.3. The number of rotatable bonds is 1. The standard InChI is InChI=1S/C10H17NO2S/c12-9-4-2-1-3-8(9)11-6-7(14)5-10(11)13/h7-9,12,14H,1-6H2. The van der Waals surface area contributed by atoms with Crippen molar-refractivity contribution >= 4 is 18.5 Å². The molecule has 0 bridgehead atoms. The molecule has 1 saturated carbocycles. The van der Waals surface area contributed by atoms with Crippen molar-refractivity contribution in [2.45, 2.75) is 49.5 Å². The molecule has 3 unspecified atom stereocenters. The molecule has 14 heavy (non-hydrogen) atoms. The van der Waals surface area contributed by atoms with Gasteiger partial charge in [-0.15, -0.1) is 0 Å². The minimum absolute atomic E-state index is 0.0633. The summed E-state index contributed by atoms with van der Waals surface area (Å²) >= 11 is 4.32. The van der Waals surface area contributed by atoms with E-state index >= 15 is 0 Å². The van der Waals surface area contributed by atoms with Gasteiger partial charge in [0.25, 0.3) is 0 Å². The molecule has 0 radical (unpaired) electrons. The highest BCUT2D eigenvalue weighted by Crippen LogP contribution is 2.28. The minimum Gasteiger partial charge on any atom is -0.391 e. The molecule has 1 aliphatic heterocycles. The third-order valence-corrected chi connectivity index (χ3v) is 3.58. The largest absolute Gasteiger partial charge is 0.391 e. The number of amides is 1. The molecule has 4 heteroatoms. The summed E-state index contributed by atoms with van der Waals surface area (Å²) in [5.41, 5.74) is 0. The van der Waals surface area contributed by atoms with E-state index < -0.39 is 0 Å². The molecule has 1 saturated heterocycles. The molecule has 0 spiro atoms. The van der Waals surface area contributed by atoms with Gasteiger partial charge >= 0.3 is 0 Å². The maximum Gasteiger partial charge on any atom is 0.224 e. The molecule has 1 heterocycles. The smallest absolute Gasteiger partial charge is 0.224 e. The Morgan fingerprint density at radius 1 is 1.36 bits per heavy atom. The van der Waals surface area contributed by atoms with E-state index in [0.717, 1.165) is 25.7 Å². The van der Waals surface area contributed by atoms with Crippen molar-refractivity contribution in [3.8, 4) is 0 Å². The van der Waals surface area contributed by atoms with Gasteiger partial charge in [-0.25, -0.2) is 0 Å². The molecule has 2 fully saturated rings. The van der Waals surface area contributed by atoms with Crippen LogP contribution in [0.3, 0.4) is 0 Å². The van der Waals surface area contributed by atoms with E-state index in [9.17, 15) is 9.90 Å². The van der Waals surface area contributed by atoms with Crippen LogP contribution in [0.25, 0.3) is 0 Å². The lowest BCUT2D eigenvalue weighted by atomic mass is 9.91. The van der Waals surface area contributed by atoms with Crippen LogP contribution in [-0.2, 0) is 4.79 Å². The van der Waals surface area contributed by atoms with Gasteiger partial charge in [-0.1, -0.05) is 12.8 Å². The van der Waals surface area contributed by atoms with Crippen LogP contribution in [-0.4, -0.2) is 39.9 Å². The first-order chi connectivity index (χ1) is 6.68. The van der Waals surface area contributed by atoms with Crippen molar-refractivity contribution in [3.63, 3.8) is 0 Å². The Morgan fingerprint density at radius 2 is 2.07 bits per heavy atom. The summed E-state index contributed by atoms with van der Waals surface area (Å²) in [4.78, 5) is 13.4. The van der Waals surface area contributed by atoms with Gasteiger partial charge in [-0.3, -0.25) is 4.79 Å². The monoisotopic (exact) mass is 215 g/mol. The Morgan fingerprint density at radius 3 is 2.64 bits per heavy atom. The summed E-state index contributed by atoms with van der Waals surface area (Å²) in [6.07, 6.45) is 4.23. The summed E-state index contributed by atoms with van der Waals surface area (Å²) in [5, 5.41) is 9.98. The lowest BCUT2D eigenvalue weighted by molar-refractivity contribution is -0.132. The Kier molecular flexibility index (Phi) is 3.02. The Hall–Kier alpha value is -0.220. The van der Waals surface area contributed by atoms with Crippen LogP contribution in [0.4, 0.5) is 0 Å². The molecule has 1 amide bonds. The molecule has 1 N–H and O–H groups in total. The zero-order chi connectivity index (χ0) is 10.1. The predicted octanol–water partition coefficient (Wildman–Crippen LogP) is 0.821. The lowest BCUT2D eigenvalue weighted by Crippen LogP contribution is -2.46. The van der Waals surface area contributed by atoms with E-state index in [1.165, 1.54) is 0 Å². The van der Waals surface area contributed by atoms with Crippen LogP contribution in [0.2, 0.25) is 0 Å². The second-order valence-electron chi connectivity index (χ2n) is 4.32. The molecule has 80 valence electrons. The number of carbonyl (C=O) groups is 1. The highest BCUT2D eigenvalue weighted by Gasteiger charge is 2.36. The van der Waals surface area contributed by atoms with Crippen molar-refractivity contribution < 1.29 is 9.90 Å². The third-order valence-electron chi connectivity index (χ3n) is 3.23. The van der Waals surface area contributed by atoms with Crippen LogP contribution >= 0.6 is 12.6 Å². The van der Waals surface area contributed by atoms with Crippen LogP contribution in [0.15, 0.2) is 0 Å². The fourth-order valence-corrected chi connectivity index (χ4v) is 2.82. The van der Waals surface area contributed by atoms with Crippen molar-refractivity contribution in [2.75, 3.05) is 6.54 Å². The minimum atomic E-state index is -0.314. The summed E-state index contributed by atoms with van der Waals surface area (Å²) in [6, 6.07) is 0.0633. The van der Waals surface area contributed by atoms with Crippen molar-refractivity contribution in [2.24, 2.45) is 0 Å². The van der Waals surface area contributed by atoms with Crippen molar-refractivity contribution in [1.29, 1.82) is 0 Å². The maximum atomic E-state index is 11.6. The van der Waals surface area contributed by atoms with Gasteiger partial charge in [-0.2, -0.15) is 12.6 Å². The number of carbonyl (C=O) groups excluding carboxylic acids is 1. The molecular formula is C10H17NO2S. The third kappa shape index (κ3) is 1.91. The van der Waals surface area contributed by atoms with E-state index in [0.29, 0.717) is 13.0 Å². The molecule has 1 aliphatic carbocycles. The Labute approximate surface area is 89.9 Å². The Bertz CT molecular complexity index is 234. The second kappa shape index (κ2) is 4.11. The van der Waals surface area contributed by atoms with Gasteiger partial charge in [0.15, 0.2) is 0 Å². The molecule has 3 atom stereocenters. The molecule has 0 aromatic carbocycles. The normalized spacial score (nSPS) is 39.1. The van der Waals surface area contributed by atoms with Crippen LogP contribution in [0, 0.1) is 0 Å². The maximum absolute atomic E-state index is 11.6. The fourth-order valence-electron chi connectivity index (χ4n) is 2.49. The van der Waals surface area contributed by atoms with E-state index in [1.807, 2.05) is 4.90 Å². The number of aliphatic hydroxyl groups excluding tert-OH is 1. The lowest BCUT2D eigenvalue weighted by Gasteiger charge is -2.35. The number of hydrogen-bond acceptors (Lipinski definition) is 3. The average Bonchev–Trinajstić information content (AvgIpc) is 2.46. The number of thiol groups is 1. The molecule has 3 nitrogen and oxygen atoms in total. The van der Waals surface area contributed by atoms with E-state index in [-0.39, 0.29) is 23.3 Å². The second-order valence-corrected chi connectivity index (χ2v) is 5.05. The first-order valence-corrected chi connectivity index (χ1v) is 5.85. The first-order valence-electron chi connectivity index (χ1n) is 5.34. The van der Waals surface area contributed by atoms with E-state index in [1.54, 1.807) is 0 Å². The SMILES string of the molecule is O=C1CC(S)CN1C1CCCCC1O. The molecule has 2 rings (SSSR count). The number of aliphatic hydroxyl groups is 1. The summed E-state index contributed by atoms with van der Waals surface area (Å²) < 4.78 is 0. The summed E-state index contributed by atoms with van der Waals surface area (Å²) in [6.45, 7) is 0.712. The summed E-state index contributed by atoms with van der Waals surface area (Å²) in [7, 11) is 0. The average molecular weight is 215 g/mol. The predicted molar refractivity (Wildman–Crippen MR) is 57.4 cm³/mol. The van der Waals surface area contributed by atoms with E-state index in [2.05, 4.69) is 12.6 Å². The quantitative estimate of drug-likeness (QED) is 0.636. The number of nitrogens with zero attached hydrogens (tertiary/aromatic N) is 1. The summed E-state index contributed by atoms with van der Waals surface area (Å²) in [5.74, 6) is 0.163. The number of hydrogen-bond donors (Lipinski definition) is 2. The van der Waals surface area contributed by atoms with E-state index in [4.69, 9.17) is 0 Å². The van der Waals surface area contributed by atoms with Crippen molar-refractivity contribution in [3.05, 3.63) is 0 Å². The Balaban J connectivity index is 2.02. The van der Waals surface area contributed by atoms with Gasteiger partial charge in [-0.05, 0) is 12.8 Å². The molecule has 2 aliphatic rings. The van der Waals surface area contributed by atoms with Gasteiger partial charge in [0.05, 0.1) is 12.1 Å². The van der Waals surface area contributed by atoms with Gasteiger partial charge in [0, 0.05) is 18.2 Å². The van der Waals surface area contributed by atoms with Gasteiger partial charge < -0.3 is 10.0 Å². The van der Waals surface area contributed by atoms with Crippen LogP contribution in [0.5, 0.6) is 0 Å². The fraction of sp³-hybridized carbons (Fsp3) is 0.900. The topological polar surface area (TPSA) is 40.5 Å². The highest BCUT2D eigenvalue weighted by atomic mass is 32.1. The zero-order valence-corrected chi connectivity index (χ0v) is 9.12. The van der Waals surface area contributed by atoms with Crippen molar-refractivity contribution in [1.82, 2.24) is 4.90 Å². The number of likely N-dealkylation sites (tertiary alicyclic amines) is 1. The van der Waals surface area contributed by atoms with Crippen LogP contribution in [0.1, 0.15) is 32.1 Å². The molecule has 0 aromatic rings. The van der Waals surface area contributed by atoms with Crippen LogP contribution < -0.4 is 0 Å².